The molecule has 0 aliphatic heterocycles. The lowest BCUT2D eigenvalue weighted by atomic mass is 10.1. The topological polar surface area (TPSA) is 181 Å². The highest BCUT2D eigenvalue weighted by Gasteiger charge is 2.46. The van der Waals surface area contributed by atoms with Crippen LogP contribution in [0.5, 0.6) is 0 Å². The number of pyridine rings is 1. The number of amides is 1. The van der Waals surface area contributed by atoms with Gasteiger partial charge in [0.15, 0.2) is 6.04 Å². The molecule has 250 valence electrons. The van der Waals surface area contributed by atoms with Gasteiger partial charge in [-0.05, 0) is 48.2 Å². The van der Waals surface area contributed by atoms with Gasteiger partial charge in [-0.3, -0.25) is 14.7 Å². The maximum absolute atomic E-state index is 13.7. The molecule has 0 saturated heterocycles. The van der Waals surface area contributed by atoms with E-state index in [-0.39, 0.29) is 35.4 Å². The van der Waals surface area contributed by atoms with Crippen molar-refractivity contribution in [2.24, 2.45) is 0 Å². The van der Waals surface area contributed by atoms with Crippen LogP contribution in [0.15, 0.2) is 96.2 Å². The molecule has 3 aromatic carbocycles. The Morgan fingerprint density at radius 1 is 0.938 bits per heavy atom. The van der Waals surface area contributed by atoms with Crippen molar-refractivity contribution in [3.8, 4) is 0 Å². The molecule has 5 aromatic rings. The van der Waals surface area contributed by atoms with Crippen LogP contribution in [0.1, 0.15) is 16.8 Å². The number of ether oxygens (including phenoxy) is 2. The van der Waals surface area contributed by atoms with Gasteiger partial charge >= 0.3 is 18.1 Å². The van der Waals surface area contributed by atoms with Gasteiger partial charge in [0.1, 0.15) is 5.82 Å². The summed E-state index contributed by atoms with van der Waals surface area (Å²) in [6.45, 7) is -0.0907. The van der Waals surface area contributed by atoms with Gasteiger partial charge in [-0.15, -0.1) is 0 Å². The summed E-state index contributed by atoms with van der Waals surface area (Å²) < 4.78 is 79.5. The molecule has 0 aliphatic carbocycles. The van der Waals surface area contributed by atoms with E-state index >= 15 is 0 Å². The molecule has 2 aromatic heterocycles. The van der Waals surface area contributed by atoms with E-state index in [1.54, 1.807) is 48.7 Å². The van der Waals surface area contributed by atoms with Crippen molar-refractivity contribution >= 4 is 55.4 Å². The maximum Gasteiger partial charge on any atom is 0.491 e. The number of alkyl halides is 3. The number of anilines is 1. The fourth-order valence-corrected chi connectivity index (χ4v) is 5.99. The largest absolute Gasteiger partial charge is 0.491 e. The smallest absolute Gasteiger partial charge is 0.464 e. The molecule has 0 spiro atoms. The summed E-state index contributed by atoms with van der Waals surface area (Å²) in [6.07, 6.45) is -4.99. The number of nitrogens with zero attached hydrogens (tertiary/aromatic N) is 2. The molecule has 17 heteroatoms. The number of carbonyl (C=O) groups is 3. The highest BCUT2D eigenvalue weighted by molar-refractivity contribution is 7.89. The van der Waals surface area contributed by atoms with Gasteiger partial charge in [0, 0.05) is 29.1 Å². The van der Waals surface area contributed by atoms with Crippen LogP contribution in [0.4, 0.5) is 19.0 Å². The minimum Gasteiger partial charge on any atom is -0.464 e. The molecule has 2 atom stereocenters. The zero-order valence-electron chi connectivity index (χ0n) is 24.7. The maximum atomic E-state index is 13.7. The standard InChI is InChI=1S/C31H27F3N6O7S/c32-31(33,34)30(43)47-28(38-27(41)20-12-13-23-21(17-20)18-37-39-23)26(29(42)46-16-6-15-36-25-11-3-4-14-35-25)40-48(44,45)24-10-5-8-19-7-1-2-9-22(19)24/h1-5,7-14,17-18,26,28,40H,6,15-16H2,(H,35,36)(H,37,39)(H,38,41)/t26-,28?/m0/s1. The number of nitrogens with one attached hydrogen (secondary N) is 4. The van der Waals surface area contributed by atoms with Crippen molar-refractivity contribution in [2.45, 2.75) is 29.8 Å². The number of carbonyl (C=O) groups excluding carboxylic acids is 3. The Kier molecular flexibility index (Phi) is 10.2. The molecule has 5 rings (SSSR count). The minimum atomic E-state index is -5.57. The third-order valence-corrected chi connectivity index (χ3v) is 8.35. The van der Waals surface area contributed by atoms with Gasteiger partial charge in [-0.2, -0.15) is 23.0 Å². The summed E-state index contributed by atoms with van der Waals surface area (Å²) in [6, 6.07) is 17.5. The van der Waals surface area contributed by atoms with Gasteiger partial charge < -0.3 is 20.1 Å². The van der Waals surface area contributed by atoms with Crippen molar-refractivity contribution in [3.05, 3.63) is 96.8 Å². The molecule has 0 bridgehead atoms. The first-order chi connectivity index (χ1) is 22.9. The zero-order chi connectivity index (χ0) is 34.3. The number of benzene rings is 3. The number of hydrogen-bond acceptors (Lipinski definition) is 10. The van der Waals surface area contributed by atoms with E-state index in [2.05, 4.69) is 25.2 Å². The summed E-state index contributed by atoms with van der Waals surface area (Å²) >= 11 is 0. The van der Waals surface area contributed by atoms with Crippen molar-refractivity contribution in [1.29, 1.82) is 0 Å². The Hall–Kier alpha value is -5.55. The molecule has 0 aliphatic rings. The van der Waals surface area contributed by atoms with E-state index < -0.39 is 46.3 Å². The molecule has 48 heavy (non-hydrogen) atoms. The van der Waals surface area contributed by atoms with E-state index in [1.807, 2.05) is 10.0 Å². The second-order valence-electron chi connectivity index (χ2n) is 10.2. The first-order valence-electron chi connectivity index (χ1n) is 14.3. The average molecular weight is 685 g/mol. The first-order valence-corrected chi connectivity index (χ1v) is 15.7. The number of H-pyrrole nitrogens is 1. The predicted octanol–water partition coefficient (Wildman–Crippen LogP) is 3.67. The molecule has 1 unspecified atom stereocenters. The van der Waals surface area contributed by atoms with Gasteiger partial charge in [0.05, 0.1) is 23.2 Å². The lowest BCUT2D eigenvalue weighted by molar-refractivity contribution is -0.207. The fraction of sp³-hybridized carbons (Fsp3) is 0.194. The molecule has 0 radical (unpaired) electrons. The van der Waals surface area contributed by atoms with Crippen LogP contribution in [0.2, 0.25) is 0 Å². The van der Waals surface area contributed by atoms with E-state index in [4.69, 9.17) is 4.74 Å². The van der Waals surface area contributed by atoms with Crippen molar-refractivity contribution in [3.63, 3.8) is 0 Å². The molecule has 0 saturated carbocycles. The summed E-state index contributed by atoms with van der Waals surface area (Å²) in [7, 11) is -4.75. The van der Waals surface area contributed by atoms with Crippen molar-refractivity contribution in [2.75, 3.05) is 18.5 Å². The summed E-state index contributed by atoms with van der Waals surface area (Å²) in [5, 5.41) is 12.7. The van der Waals surface area contributed by atoms with Crippen LogP contribution >= 0.6 is 0 Å². The van der Waals surface area contributed by atoms with Gasteiger partial charge in [0.2, 0.25) is 16.3 Å². The van der Waals surface area contributed by atoms with E-state index in [0.717, 1.165) is 0 Å². The number of sulfonamides is 1. The minimum absolute atomic E-state index is 0.124. The lowest BCUT2D eigenvalue weighted by Gasteiger charge is -2.27. The number of halogens is 3. The van der Waals surface area contributed by atoms with Crippen LogP contribution < -0.4 is 15.4 Å². The third-order valence-electron chi connectivity index (χ3n) is 6.86. The predicted molar refractivity (Wildman–Crippen MR) is 166 cm³/mol. The number of aromatic amines is 1. The van der Waals surface area contributed by atoms with Crippen LogP contribution in [-0.2, 0) is 29.1 Å². The monoisotopic (exact) mass is 684 g/mol. The van der Waals surface area contributed by atoms with Crippen LogP contribution in [0.25, 0.3) is 21.7 Å². The molecule has 0 fully saturated rings. The van der Waals surface area contributed by atoms with Gasteiger partial charge in [-0.1, -0.05) is 42.5 Å². The highest BCUT2D eigenvalue weighted by atomic mass is 32.2. The SMILES string of the molecule is O=C(NC(OC(=O)C(F)(F)F)[C@H](NS(=O)(=O)c1cccc2ccccc12)C(=O)OCCCNc1ccccn1)c1ccc2[nH]ncc2c1. The Morgan fingerprint density at radius 2 is 1.71 bits per heavy atom. The Morgan fingerprint density at radius 3 is 2.48 bits per heavy atom. The number of fused-ring (bicyclic) bond motifs is 2. The van der Waals surface area contributed by atoms with Crippen LogP contribution in [0, 0.1) is 0 Å². The number of hydrogen-bond donors (Lipinski definition) is 4. The molecular formula is C31H27F3N6O7S. The fourth-order valence-electron chi connectivity index (χ4n) is 4.57. The Bertz CT molecular complexity index is 2040. The Balaban J connectivity index is 1.45. The molecular weight excluding hydrogens is 657 g/mol. The molecule has 4 N–H and O–H groups in total. The normalized spacial score (nSPS) is 13.1. The second kappa shape index (κ2) is 14.5. The molecule has 13 nitrogen and oxygen atoms in total. The number of esters is 2. The number of aromatic nitrogens is 3. The zero-order valence-corrected chi connectivity index (χ0v) is 25.5. The quantitative estimate of drug-likeness (QED) is 0.0812. The van der Waals surface area contributed by atoms with Crippen molar-refractivity contribution < 1.29 is 45.4 Å². The second-order valence-corrected chi connectivity index (χ2v) is 11.9. The molecule has 2 heterocycles. The summed E-state index contributed by atoms with van der Waals surface area (Å²) in [5.41, 5.74) is 0.412. The average Bonchev–Trinajstić information content (AvgIpc) is 3.54. The summed E-state index contributed by atoms with van der Waals surface area (Å²) in [5.74, 6) is -4.79. The Labute approximate surface area is 270 Å². The first kappa shape index (κ1) is 33.8. The molecule has 1 amide bonds. The third kappa shape index (κ3) is 8.23. The van der Waals surface area contributed by atoms with Gasteiger partial charge in [0.25, 0.3) is 5.91 Å². The van der Waals surface area contributed by atoms with Crippen LogP contribution in [-0.4, -0.2) is 73.0 Å². The highest BCUT2D eigenvalue weighted by Crippen LogP contribution is 2.24. The van der Waals surface area contributed by atoms with Crippen LogP contribution in [0.3, 0.4) is 0 Å². The van der Waals surface area contributed by atoms with E-state index in [0.29, 0.717) is 22.1 Å². The number of rotatable bonds is 13. The van der Waals surface area contributed by atoms with E-state index in [9.17, 15) is 36.0 Å². The van der Waals surface area contributed by atoms with Crippen molar-refractivity contribution in [1.82, 2.24) is 25.2 Å². The summed E-state index contributed by atoms with van der Waals surface area (Å²) in [4.78, 5) is 42.5. The van der Waals surface area contributed by atoms with E-state index in [1.165, 1.54) is 42.6 Å². The lowest BCUT2D eigenvalue weighted by Crippen LogP contribution is -2.58. The van der Waals surface area contributed by atoms with Gasteiger partial charge in [-0.25, -0.2) is 18.2 Å².